The summed E-state index contributed by atoms with van der Waals surface area (Å²) >= 11 is 0. The molecule has 0 aromatic heterocycles. The summed E-state index contributed by atoms with van der Waals surface area (Å²) in [5.41, 5.74) is 0. The first-order valence-electron chi connectivity index (χ1n) is 6.60. The fourth-order valence-electron chi connectivity index (χ4n) is 1.02. The van der Waals surface area contributed by atoms with Crippen molar-refractivity contribution < 1.29 is 35.9 Å². The predicted octanol–water partition coefficient (Wildman–Crippen LogP) is 3.88. The van der Waals surface area contributed by atoms with E-state index in [-0.39, 0.29) is 21.7 Å². The Bertz CT molecular complexity index is 110. The Balaban J connectivity index is 0. The third-order valence-electron chi connectivity index (χ3n) is 2.15. The van der Waals surface area contributed by atoms with Crippen LogP contribution in [0.1, 0.15) is 59.3 Å². The Morgan fingerprint density at radius 3 is 1.18 bits per heavy atom. The third-order valence-corrected chi connectivity index (χ3v) is 2.15. The number of ether oxygens (including phenoxy) is 3. The fourth-order valence-corrected chi connectivity index (χ4v) is 1.02. The average Bonchev–Trinajstić information content (AvgIpc) is 2.29. The number of hydrogen-bond donors (Lipinski definition) is 0. The second-order valence-corrected chi connectivity index (χ2v) is 3.86. The maximum Gasteiger partial charge on any atom is 0.0375 e. The Morgan fingerprint density at radius 2 is 0.941 bits per heavy atom. The Morgan fingerprint density at radius 1 is 0.647 bits per heavy atom. The van der Waals surface area contributed by atoms with Crippen molar-refractivity contribution in [3.63, 3.8) is 0 Å². The molecule has 0 amide bonds. The van der Waals surface area contributed by atoms with E-state index in [1.165, 1.54) is 0 Å². The van der Waals surface area contributed by atoms with E-state index in [2.05, 4.69) is 20.8 Å². The van der Waals surface area contributed by atoms with E-state index in [1.807, 2.05) is 0 Å². The van der Waals surface area contributed by atoms with Crippen molar-refractivity contribution in [2.24, 2.45) is 0 Å². The first-order chi connectivity index (χ1) is 7.85. The SMILES string of the molecule is CCCCO[C-](OCCCC)OCCCC.[Ti]. The summed E-state index contributed by atoms with van der Waals surface area (Å²) < 4.78 is 16.3. The van der Waals surface area contributed by atoms with Gasteiger partial charge >= 0.3 is 0 Å². The van der Waals surface area contributed by atoms with Crippen LogP contribution in [-0.4, -0.2) is 19.8 Å². The van der Waals surface area contributed by atoms with Crippen LogP contribution in [0.3, 0.4) is 0 Å². The van der Waals surface area contributed by atoms with E-state index in [0.717, 1.165) is 38.5 Å². The summed E-state index contributed by atoms with van der Waals surface area (Å²) in [7, 11) is 0. The van der Waals surface area contributed by atoms with E-state index in [1.54, 1.807) is 0 Å². The molecule has 0 saturated carbocycles. The van der Waals surface area contributed by atoms with Gasteiger partial charge in [0.15, 0.2) is 0 Å². The van der Waals surface area contributed by atoms with Crippen LogP contribution in [0.2, 0.25) is 0 Å². The smallest absolute Gasteiger partial charge is 0.0375 e. The second-order valence-electron chi connectivity index (χ2n) is 3.86. The monoisotopic (exact) mass is 279 g/mol. The van der Waals surface area contributed by atoms with Crippen LogP contribution < -0.4 is 0 Å². The molecule has 0 aliphatic heterocycles. The maximum absolute atomic E-state index is 5.45. The van der Waals surface area contributed by atoms with Gasteiger partial charge in [-0.3, -0.25) is 0 Å². The van der Waals surface area contributed by atoms with Gasteiger partial charge in [-0.15, -0.1) is 0 Å². The summed E-state index contributed by atoms with van der Waals surface area (Å²) in [5, 5.41) is 0. The fraction of sp³-hybridized carbons (Fsp3) is 0.923. The van der Waals surface area contributed by atoms with Crippen LogP contribution in [-0.2, 0) is 35.9 Å². The van der Waals surface area contributed by atoms with Crippen LogP contribution in [0.4, 0.5) is 0 Å². The van der Waals surface area contributed by atoms with Crippen molar-refractivity contribution in [1.29, 1.82) is 0 Å². The summed E-state index contributed by atoms with van der Waals surface area (Å²) in [4.78, 5) is 0. The molecule has 0 N–H and O–H groups in total. The van der Waals surface area contributed by atoms with Gasteiger partial charge in [0.1, 0.15) is 0 Å². The summed E-state index contributed by atoms with van der Waals surface area (Å²) in [6.45, 7) is 8.84. The normalized spacial score (nSPS) is 10.6. The molecule has 0 heterocycles. The van der Waals surface area contributed by atoms with Gasteiger partial charge in [0, 0.05) is 48.0 Å². The standard InChI is InChI=1S/C13H27O3.Ti/c1-4-7-10-14-13(15-11-8-5-2)16-12-9-6-3;/h4-12H2,1-3H3;/q-1;. The molecule has 0 spiro atoms. The predicted molar refractivity (Wildman–Crippen MR) is 65.8 cm³/mol. The minimum Gasteiger partial charge on any atom is -0.496 e. The molecule has 0 unspecified atom stereocenters. The van der Waals surface area contributed by atoms with Crippen molar-refractivity contribution in [3.8, 4) is 0 Å². The van der Waals surface area contributed by atoms with Gasteiger partial charge in [-0.05, 0) is 19.3 Å². The number of hydrogen-bond acceptors (Lipinski definition) is 3. The molecule has 0 aliphatic carbocycles. The van der Waals surface area contributed by atoms with E-state index < -0.39 is 0 Å². The van der Waals surface area contributed by atoms with Gasteiger partial charge in [0.25, 0.3) is 0 Å². The van der Waals surface area contributed by atoms with Gasteiger partial charge in [0.05, 0.1) is 0 Å². The third kappa shape index (κ3) is 14.5. The second kappa shape index (κ2) is 16.6. The minimum absolute atomic E-state index is 0. The minimum atomic E-state index is 0. The van der Waals surface area contributed by atoms with Gasteiger partial charge in [0.2, 0.25) is 0 Å². The Kier molecular flexibility index (Phi) is 19.4. The summed E-state index contributed by atoms with van der Waals surface area (Å²) in [5.74, 6) is 0. The molecule has 0 aromatic rings. The first kappa shape index (κ1) is 19.9. The van der Waals surface area contributed by atoms with E-state index in [4.69, 9.17) is 14.2 Å². The molecule has 0 aromatic carbocycles. The molecule has 4 heteroatoms. The van der Waals surface area contributed by atoms with Crippen molar-refractivity contribution in [3.05, 3.63) is 6.48 Å². The molecule has 102 valence electrons. The van der Waals surface area contributed by atoms with Crippen molar-refractivity contribution in [1.82, 2.24) is 0 Å². The topological polar surface area (TPSA) is 27.7 Å². The quantitative estimate of drug-likeness (QED) is 0.308. The van der Waals surface area contributed by atoms with Crippen LogP contribution in [0.25, 0.3) is 0 Å². The van der Waals surface area contributed by atoms with Crippen molar-refractivity contribution in [2.75, 3.05) is 19.8 Å². The molecular formula is C13H27O3Ti-. The van der Waals surface area contributed by atoms with Gasteiger partial charge in [-0.2, -0.15) is 0 Å². The largest absolute Gasteiger partial charge is 0.496 e. The number of unbranched alkanes of at least 4 members (excludes halogenated alkanes) is 3. The average molecular weight is 279 g/mol. The maximum atomic E-state index is 5.45. The molecular weight excluding hydrogens is 252 g/mol. The summed E-state index contributed by atoms with van der Waals surface area (Å²) in [6, 6.07) is 0. The zero-order valence-electron chi connectivity index (χ0n) is 11.6. The summed E-state index contributed by atoms with van der Waals surface area (Å²) in [6.07, 6.45) is 6.49. The molecule has 0 radical (unpaired) electrons. The molecule has 0 atom stereocenters. The molecule has 17 heavy (non-hydrogen) atoms. The van der Waals surface area contributed by atoms with Gasteiger partial charge in [-0.1, -0.05) is 40.0 Å². The van der Waals surface area contributed by atoms with Crippen LogP contribution in [0.5, 0.6) is 0 Å². The Hall–Kier alpha value is 0.594. The zero-order chi connectivity index (χ0) is 12.1. The van der Waals surface area contributed by atoms with E-state index >= 15 is 0 Å². The van der Waals surface area contributed by atoms with Gasteiger partial charge in [-0.25, -0.2) is 0 Å². The first-order valence-corrected chi connectivity index (χ1v) is 6.60. The van der Waals surface area contributed by atoms with Crippen molar-refractivity contribution in [2.45, 2.75) is 59.3 Å². The number of rotatable bonds is 12. The molecule has 0 rings (SSSR count). The molecule has 3 nitrogen and oxygen atoms in total. The molecule has 0 fully saturated rings. The molecule has 0 saturated heterocycles. The van der Waals surface area contributed by atoms with E-state index in [9.17, 15) is 0 Å². The van der Waals surface area contributed by atoms with Crippen LogP contribution in [0.15, 0.2) is 0 Å². The van der Waals surface area contributed by atoms with Gasteiger partial charge < -0.3 is 14.2 Å². The van der Waals surface area contributed by atoms with Crippen molar-refractivity contribution >= 4 is 0 Å². The zero-order valence-corrected chi connectivity index (χ0v) is 13.2. The van der Waals surface area contributed by atoms with E-state index in [0.29, 0.717) is 26.3 Å². The molecule has 0 aliphatic rings. The molecule has 0 bridgehead atoms. The van der Waals surface area contributed by atoms with Crippen LogP contribution in [0, 0.1) is 6.48 Å². The van der Waals surface area contributed by atoms with Crippen LogP contribution >= 0.6 is 0 Å². The Labute approximate surface area is 121 Å².